The van der Waals surface area contributed by atoms with Crippen molar-refractivity contribution in [3.05, 3.63) is 59.7 Å². The minimum Gasteiger partial charge on any atom is -0.494 e. The van der Waals surface area contributed by atoms with E-state index in [9.17, 15) is 10.1 Å². The number of aryl methyl sites for hydroxylation is 1. The molecule has 0 bridgehead atoms. The molecule has 28 heavy (non-hydrogen) atoms. The number of nitriles is 1. The van der Waals surface area contributed by atoms with Crippen LogP contribution >= 0.6 is 0 Å². The van der Waals surface area contributed by atoms with E-state index in [0.717, 1.165) is 18.6 Å². The molecule has 0 heterocycles. The fourth-order valence-electron chi connectivity index (χ4n) is 2.65. The Labute approximate surface area is 167 Å². The zero-order chi connectivity index (χ0) is 20.4. The summed E-state index contributed by atoms with van der Waals surface area (Å²) in [5, 5.41) is 12.1. The van der Waals surface area contributed by atoms with E-state index in [2.05, 4.69) is 11.4 Å². The number of rotatable bonds is 10. The molecule has 2 rings (SSSR count). The molecule has 148 valence electrons. The van der Waals surface area contributed by atoms with E-state index in [-0.39, 0.29) is 11.8 Å². The molecule has 2 aromatic rings. The number of ether oxygens (including phenoxy) is 2. The Balaban J connectivity index is 1.74. The van der Waals surface area contributed by atoms with Crippen LogP contribution in [0, 0.1) is 24.2 Å². The molecule has 0 fully saturated rings. The first-order chi connectivity index (χ1) is 13.5. The Morgan fingerprint density at radius 2 is 1.82 bits per heavy atom. The molecule has 5 nitrogen and oxygen atoms in total. The Kier molecular flexibility index (Phi) is 8.36. The van der Waals surface area contributed by atoms with E-state index in [4.69, 9.17) is 9.47 Å². The lowest BCUT2D eigenvalue weighted by molar-refractivity contribution is -0.129. The normalized spacial score (nSPS) is 11.5. The minimum absolute atomic E-state index is 0.0170. The third kappa shape index (κ3) is 6.62. The molecule has 1 unspecified atom stereocenters. The summed E-state index contributed by atoms with van der Waals surface area (Å²) < 4.78 is 11.5. The van der Waals surface area contributed by atoms with Crippen LogP contribution < -0.4 is 14.8 Å². The number of hydrogen-bond donors (Lipinski definition) is 1. The van der Waals surface area contributed by atoms with E-state index in [0.29, 0.717) is 24.5 Å². The third-order valence-corrected chi connectivity index (χ3v) is 4.29. The maximum absolute atomic E-state index is 12.5. The largest absolute Gasteiger partial charge is 0.494 e. The van der Waals surface area contributed by atoms with Crippen LogP contribution in [0.1, 0.15) is 37.8 Å². The summed E-state index contributed by atoms with van der Waals surface area (Å²) in [6, 6.07) is 17.0. The summed E-state index contributed by atoms with van der Waals surface area (Å²) >= 11 is 0. The van der Waals surface area contributed by atoms with Crippen LogP contribution in [0.15, 0.2) is 48.5 Å². The highest BCUT2D eigenvalue weighted by Crippen LogP contribution is 2.20. The molecule has 0 radical (unpaired) electrons. The number of hydrogen-bond acceptors (Lipinski definition) is 4. The summed E-state index contributed by atoms with van der Waals surface area (Å²) in [7, 11) is 0. The molecular weight excluding hydrogens is 352 g/mol. The molecule has 0 aliphatic carbocycles. The van der Waals surface area contributed by atoms with Gasteiger partial charge < -0.3 is 14.8 Å². The maximum atomic E-state index is 12.5. The van der Waals surface area contributed by atoms with Crippen LogP contribution in [0.2, 0.25) is 0 Å². The standard InChI is InChI=1S/C23H28N2O3/c1-17(2)22(28-21-9-5-4-8-19(21)16-24)23(26)25-14-6-7-15-27-20-12-10-18(3)11-13-20/h4-5,8-13,17,22H,6-7,14-15H2,1-3H3,(H,25,26). The number of nitrogens with zero attached hydrogens (tertiary/aromatic N) is 1. The number of benzene rings is 2. The second-order valence-electron chi connectivity index (χ2n) is 7.05. The molecule has 0 spiro atoms. The van der Waals surface area contributed by atoms with Crippen LogP contribution in [-0.2, 0) is 4.79 Å². The molecule has 5 heteroatoms. The van der Waals surface area contributed by atoms with E-state index < -0.39 is 6.10 Å². The average molecular weight is 380 g/mol. The van der Waals surface area contributed by atoms with E-state index in [1.165, 1.54) is 5.56 Å². The van der Waals surface area contributed by atoms with Gasteiger partial charge in [-0.1, -0.05) is 43.7 Å². The van der Waals surface area contributed by atoms with Gasteiger partial charge in [0, 0.05) is 6.54 Å². The summed E-state index contributed by atoms with van der Waals surface area (Å²) in [6.07, 6.45) is 1.02. The lowest BCUT2D eigenvalue weighted by Crippen LogP contribution is -2.42. The first-order valence-corrected chi connectivity index (χ1v) is 9.64. The predicted octanol–water partition coefficient (Wildman–Crippen LogP) is 4.25. The van der Waals surface area contributed by atoms with Gasteiger partial charge >= 0.3 is 0 Å². The topological polar surface area (TPSA) is 71.3 Å². The van der Waals surface area contributed by atoms with Gasteiger partial charge in [0.15, 0.2) is 6.10 Å². The Hall–Kier alpha value is -3.00. The Morgan fingerprint density at radius 1 is 1.11 bits per heavy atom. The summed E-state index contributed by atoms with van der Waals surface area (Å²) in [6.45, 7) is 7.06. The predicted molar refractivity (Wildman–Crippen MR) is 109 cm³/mol. The van der Waals surface area contributed by atoms with Gasteiger partial charge in [0.05, 0.1) is 12.2 Å². The molecular formula is C23H28N2O3. The molecule has 0 aromatic heterocycles. The van der Waals surface area contributed by atoms with Crippen molar-refractivity contribution < 1.29 is 14.3 Å². The van der Waals surface area contributed by atoms with Gasteiger partial charge in [-0.05, 0) is 49.9 Å². The molecule has 1 atom stereocenters. The zero-order valence-electron chi connectivity index (χ0n) is 16.8. The van der Waals surface area contributed by atoms with Crippen molar-refractivity contribution in [1.29, 1.82) is 5.26 Å². The number of carbonyl (C=O) groups is 1. The van der Waals surface area contributed by atoms with E-state index >= 15 is 0 Å². The molecule has 0 saturated carbocycles. The van der Waals surface area contributed by atoms with Gasteiger partial charge in [0.2, 0.25) is 0 Å². The first-order valence-electron chi connectivity index (χ1n) is 9.64. The lowest BCUT2D eigenvalue weighted by Gasteiger charge is -2.22. The number of unbranched alkanes of at least 4 members (excludes halogenated alkanes) is 1. The van der Waals surface area contributed by atoms with Gasteiger partial charge in [-0.15, -0.1) is 0 Å². The van der Waals surface area contributed by atoms with Gasteiger partial charge in [-0.25, -0.2) is 0 Å². The summed E-state index contributed by atoms with van der Waals surface area (Å²) in [5.41, 5.74) is 1.63. The average Bonchev–Trinajstić information content (AvgIpc) is 2.70. The number of para-hydroxylation sites is 1. The van der Waals surface area contributed by atoms with Gasteiger partial charge in [-0.2, -0.15) is 5.26 Å². The molecule has 2 aromatic carbocycles. The van der Waals surface area contributed by atoms with E-state index in [1.54, 1.807) is 24.3 Å². The van der Waals surface area contributed by atoms with E-state index in [1.807, 2.05) is 45.0 Å². The van der Waals surface area contributed by atoms with Crippen molar-refractivity contribution >= 4 is 5.91 Å². The van der Waals surface area contributed by atoms with Crippen LogP contribution in [0.25, 0.3) is 0 Å². The van der Waals surface area contributed by atoms with Gasteiger partial charge in [0.1, 0.15) is 17.6 Å². The second kappa shape index (κ2) is 11.0. The van der Waals surface area contributed by atoms with Crippen molar-refractivity contribution in [1.82, 2.24) is 5.32 Å². The van der Waals surface area contributed by atoms with Gasteiger partial charge in [-0.3, -0.25) is 4.79 Å². The van der Waals surface area contributed by atoms with Crippen molar-refractivity contribution in [3.8, 4) is 17.6 Å². The Morgan fingerprint density at radius 3 is 2.50 bits per heavy atom. The summed E-state index contributed by atoms with van der Waals surface area (Å²) in [4.78, 5) is 12.5. The van der Waals surface area contributed by atoms with Gasteiger partial charge in [0.25, 0.3) is 5.91 Å². The molecule has 1 N–H and O–H groups in total. The Bertz CT molecular complexity index is 794. The zero-order valence-corrected chi connectivity index (χ0v) is 16.8. The fraction of sp³-hybridized carbons (Fsp3) is 0.391. The van der Waals surface area contributed by atoms with Crippen LogP contribution in [0.3, 0.4) is 0 Å². The van der Waals surface area contributed by atoms with Crippen LogP contribution in [0.5, 0.6) is 11.5 Å². The quantitative estimate of drug-likeness (QED) is 0.626. The summed E-state index contributed by atoms with van der Waals surface area (Å²) in [5.74, 6) is 1.11. The minimum atomic E-state index is -0.640. The fourth-order valence-corrected chi connectivity index (χ4v) is 2.65. The van der Waals surface area contributed by atoms with Crippen molar-refractivity contribution in [2.24, 2.45) is 5.92 Å². The highest BCUT2D eigenvalue weighted by molar-refractivity contribution is 5.81. The number of amides is 1. The molecule has 0 aliphatic heterocycles. The molecule has 1 amide bonds. The SMILES string of the molecule is Cc1ccc(OCCCCNC(=O)C(Oc2ccccc2C#N)C(C)C)cc1. The van der Waals surface area contributed by atoms with Crippen molar-refractivity contribution in [2.75, 3.05) is 13.2 Å². The highest BCUT2D eigenvalue weighted by Gasteiger charge is 2.24. The lowest BCUT2D eigenvalue weighted by atomic mass is 10.1. The number of nitrogens with one attached hydrogen (secondary N) is 1. The molecule has 0 aliphatic rings. The van der Waals surface area contributed by atoms with Crippen LogP contribution in [-0.4, -0.2) is 25.2 Å². The van der Waals surface area contributed by atoms with Crippen LogP contribution in [0.4, 0.5) is 0 Å². The monoisotopic (exact) mass is 380 g/mol. The maximum Gasteiger partial charge on any atom is 0.261 e. The smallest absolute Gasteiger partial charge is 0.261 e. The van der Waals surface area contributed by atoms with Crippen molar-refractivity contribution in [2.45, 2.75) is 39.7 Å². The number of carbonyl (C=O) groups excluding carboxylic acids is 1. The van der Waals surface area contributed by atoms with Crippen molar-refractivity contribution in [3.63, 3.8) is 0 Å². The third-order valence-electron chi connectivity index (χ3n) is 4.29. The molecule has 0 saturated heterocycles. The first kappa shape index (κ1) is 21.3. The second-order valence-corrected chi connectivity index (χ2v) is 7.05. The highest BCUT2D eigenvalue weighted by atomic mass is 16.5.